The molecule has 0 fully saturated rings. The maximum atomic E-state index is 9.00. The number of hydrogen-bond donors (Lipinski definition) is 1. The third-order valence-electron chi connectivity index (χ3n) is 2.88. The summed E-state index contributed by atoms with van der Waals surface area (Å²) in [5.41, 5.74) is 4.60. The lowest BCUT2D eigenvalue weighted by Crippen LogP contribution is -1.93. The molecule has 17 heavy (non-hydrogen) atoms. The van der Waals surface area contributed by atoms with E-state index in [0.717, 1.165) is 16.1 Å². The molecule has 0 unspecified atom stereocenters. The Hall–Kier alpha value is -1.31. The van der Waals surface area contributed by atoms with Crippen molar-refractivity contribution in [3.63, 3.8) is 0 Å². The van der Waals surface area contributed by atoms with Crippen LogP contribution in [0.25, 0.3) is 11.1 Å². The normalized spacial score (nSPS) is 10.5. The van der Waals surface area contributed by atoms with Crippen LogP contribution in [-0.4, -0.2) is 11.7 Å². The Morgan fingerprint density at radius 3 is 2.59 bits per heavy atom. The van der Waals surface area contributed by atoms with Crippen LogP contribution in [0.5, 0.6) is 0 Å². The maximum absolute atomic E-state index is 9.00. The molecule has 2 rings (SSSR count). The molecule has 0 aliphatic heterocycles. The Balaban J connectivity index is 2.46. The Kier molecular flexibility index (Phi) is 3.82. The minimum atomic E-state index is 0.122. The van der Waals surface area contributed by atoms with Gasteiger partial charge in [-0.05, 0) is 47.7 Å². The number of aryl methyl sites for hydroxylation is 1. The van der Waals surface area contributed by atoms with E-state index < -0.39 is 0 Å². The van der Waals surface area contributed by atoms with Gasteiger partial charge in [0.25, 0.3) is 0 Å². The summed E-state index contributed by atoms with van der Waals surface area (Å²) in [4.78, 5) is 0. The second-order valence-electron chi connectivity index (χ2n) is 4.09. The van der Waals surface area contributed by atoms with Crippen LogP contribution in [0, 0.1) is 6.92 Å². The van der Waals surface area contributed by atoms with E-state index in [4.69, 9.17) is 16.7 Å². The highest BCUT2D eigenvalue weighted by Crippen LogP contribution is 2.27. The van der Waals surface area contributed by atoms with Crippen molar-refractivity contribution in [3.8, 4) is 11.1 Å². The molecule has 1 N–H and O–H groups in total. The van der Waals surface area contributed by atoms with Crippen LogP contribution >= 0.6 is 11.6 Å². The summed E-state index contributed by atoms with van der Waals surface area (Å²) in [6.07, 6.45) is 0.596. The standard InChI is InChI=1S/C15H15ClO/c1-11-4-2-3-5-14(11)12-6-7-15(16)13(10-12)8-9-17/h2-7,10,17H,8-9H2,1H3. The molecule has 0 radical (unpaired) electrons. The first-order valence-corrected chi connectivity index (χ1v) is 6.05. The first kappa shape index (κ1) is 12.2. The number of aliphatic hydroxyl groups excluding tert-OH is 1. The zero-order valence-corrected chi connectivity index (χ0v) is 10.5. The number of aliphatic hydroxyl groups is 1. The van der Waals surface area contributed by atoms with Crippen molar-refractivity contribution < 1.29 is 5.11 Å². The molecule has 0 saturated carbocycles. The lowest BCUT2D eigenvalue weighted by Gasteiger charge is -2.09. The number of halogens is 1. The summed E-state index contributed by atoms with van der Waals surface area (Å²) in [5, 5.41) is 9.72. The van der Waals surface area contributed by atoms with Crippen LogP contribution in [0.15, 0.2) is 42.5 Å². The first-order chi connectivity index (χ1) is 8.22. The first-order valence-electron chi connectivity index (χ1n) is 5.67. The van der Waals surface area contributed by atoms with Gasteiger partial charge in [0, 0.05) is 11.6 Å². The molecule has 0 saturated heterocycles. The summed E-state index contributed by atoms with van der Waals surface area (Å²) in [5.74, 6) is 0. The highest BCUT2D eigenvalue weighted by molar-refractivity contribution is 6.31. The van der Waals surface area contributed by atoms with Crippen molar-refractivity contribution in [1.29, 1.82) is 0 Å². The van der Waals surface area contributed by atoms with E-state index in [1.807, 2.05) is 24.3 Å². The van der Waals surface area contributed by atoms with Crippen LogP contribution in [0.2, 0.25) is 5.02 Å². The van der Waals surface area contributed by atoms with Gasteiger partial charge in [-0.15, -0.1) is 0 Å². The average Bonchev–Trinajstić information content (AvgIpc) is 2.33. The van der Waals surface area contributed by atoms with Crippen molar-refractivity contribution >= 4 is 11.6 Å². The Bertz CT molecular complexity index is 520. The van der Waals surface area contributed by atoms with E-state index in [2.05, 4.69) is 25.1 Å². The molecule has 0 bridgehead atoms. The molecule has 0 aliphatic rings. The van der Waals surface area contributed by atoms with Gasteiger partial charge < -0.3 is 5.11 Å². The molecule has 0 spiro atoms. The van der Waals surface area contributed by atoms with Crippen molar-refractivity contribution in [2.75, 3.05) is 6.61 Å². The lowest BCUT2D eigenvalue weighted by atomic mass is 9.98. The fourth-order valence-corrected chi connectivity index (χ4v) is 2.16. The molecule has 1 nitrogen and oxygen atoms in total. The molecular weight excluding hydrogens is 232 g/mol. The molecule has 0 amide bonds. The second-order valence-corrected chi connectivity index (χ2v) is 4.50. The third-order valence-corrected chi connectivity index (χ3v) is 3.25. The molecule has 0 heterocycles. The van der Waals surface area contributed by atoms with Gasteiger partial charge in [-0.2, -0.15) is 0 Å². The molecule has 2 heteroatoms. The molecule has 0 aromatic heterocycles. The number of benzene rings is 2. The van der Waals surface area contributed by atoms with Crippen LogP contribution in [0.3, 0.4) is 0 Å². The molecule has 88 valence electrons. The van der Waals surface area contributed by atoms with E-state index in [9.17, 15) is 0 Å². The van der Waals surface area contributed by atoms with E-state index in [0.29, 0.717) is 6.42 Å². The van der Waals surface area contributed by atoms with Gasteiger partial charge in [-0.25, -0.2) is 0 Å². The van der Waals surface area contributed by atoms with Gasteiger partial charge >= 0.3 is 0 Å². The topological polar surface area (TPSA) is 20.2 Å². The summed E-state index contributed by atoms with van der Waals surface area (Å²) in [6, 6.07) is 14.2. The average molecular weight is 247 g/mol. The van der Waals surface area contributed by atoms with Gasteiger partial charge in [0.05, 0.1) is 0 Å². The Labute approximate surface area is 107 Å². The van der Waals surface area contributed by atoms with Crippen LogP contribution in [0.4, 0.5) is 0 Å². The maximum Gasteiger partial charge on any atom is 0.0471 e. The fraction of sp³-hybridized carbons (Fsp3) is 0.200. The van der Waals surface area contributed by atoms with Crippen molar-refractivity contribution in [2.45, 2.75) is 13.3 Å². The predicted molar refractivity (Wildman–Crippen MR) is 72.4 cm³/mol. The highest BCUT2D eigenvalue weighted by atomic mass is 35.5. The molecule has 2 aromatic carbocycles. The van der Waals surface area contributed by atoms with Crippen molar-refractivity contribution in [3.05, 3.63) is 58.6 Å². The van der Waals surface area contributed by atoms with Gasteiger partial charge in [0.15, 0.2) is 0 Å². The number of hydrogen-bond acceptors (Lipinski definition) is 1. The monoisotopic (exact) mass is 246 g/mol. The minimum absolute atomic E-state index is 0.122. The van der Waals surface area contributed by atoms with Crippen LogP contribution in [0.1, 0.15) is 11.1 Å². The zero-order valence-electron chi connectivity index (χ0n) is 9.78. The largest absolute Gasteiger partial charge is 0.396 e. The fourth-order valence-electron chi connectivity index (χ4n) is 1.95. The smallest absolute Gasteiger partial charge is 0.0471 e. The quantitative estimate of drug-likeness (QED) is 0.872. The minimum Gasteiger partial charge on any atom is -0.396 e. The van der Waals surface area contributed by atoms with Gasteiger partial charge in [-0.3, -0.25) is 0 Å². The van der Waals surface area contributed by atoms with Gasteiger partial charge in [0.1, 0.15) is 0 Å². The Morgan fingerprint density at radius 2 is 1.88 bits per heavy atom. The molecule has 2 aromatic rings. The molecular formula is C15H15ClO. The predicted octanol–water partition coefficient (Wildman–Crippen LogP) is 3.85. The van der Waals surface area contributed by atoms with Gasteiger partial charge in [0.2, 0.25) is 0 Å². The molecule has 0 aliphatic carbocycles. The highest BCUT2D eigenvalue weighted by Gasteiger charge is 2.05. The van der Waals surface area contributed by atoms with Crippen molar-refractivity contribution in [1.82, 2.24) is 0 Å². The zero-order chi connectivity index (χ0) is 12.3. The Morgan fingerprint density at radius 1 is 1.12 bits per heavy atom. The summed E-state index contributed by atoms with van der Waals surface area (Å²) in [6.45, 7) is 2.21. The van der Waals surface area contributed by atoms with Crippen LogP contribution < -0.4 is 0 Å². The van der Waals surface area contributed by atoms with E-state index in [-0.39, 0.29) is 6.61 Å². The van der Waals surface area contributed by atoms with E-state index in [1.165, 1.54) is 11.1 Å². The second kappa shape index (κ2) is 5.35. The van der Waals surface area contributed by atoms with E-state index in [1.54, 1.807) is 0 Å². The molecule has 0 atom stereocenters. The lowest BCUT2D eigenvalue weighted by molar-refractivity contribution is 0.299. The summed E-state index contributed by atoms with van der Waals surface area (Å²) >= 11 is 6.09. The van der Waals surface area contributed by atoms with E-state index >= 15 is 0 Å². The van der Waals surface area contributed by atoms with Gasteiger partial charge in [-0.1, -0.05) is 41.9 Å². The summed E-state index contributed by atoms with van der Waals surface area (Å²) < 4.78 is 0. The van der Waals surface area contributed by atoms with Crippen LogP contribution in [-0.2, 0) is 6.42 Å². The summed E-state index contributed by atoms with van der Waals surface area (Å²) in [7, 11) is 0. The van der Waals surface area contributed by atoms with Crippen molar-refractivity contribution in [2.24, 2.45) is 0 Å². The third kappa shape index (κ3) is 2.68. The SMILES string of the molecule is Cc1ccccc1-c1ccc(Cl)c(CCO)c1. The number of rotatable bonds is 3.